The first-order chi connectivity index (χ1) is 13.1. The van der Waals surface area contributed by atoms with Crippen LogP contribution in [0.15, 0.2) is 36.4 Å². The summed E-state index contributed by atoms with van der Waals surface area (Å²) in [4.78, 5) is 4.94. The zero-order chi connectivity index (χ0) is 19.2. The topological polar surface area (TPSA) is 34.2 Å². The fourth-order valence-corrected chi connectivity index (χ4v) is 3.56. The molecule has 0 amide bonds. The molecule has 1 saturated heterocycles. The number of benzene rings is 2. The van der Waals surface area contributed by atoms with E-state index >= 15 is 0 Å². The maximum Gasteiger partial charge on any atom is 0.203 e. The van der Waals surface area contributed by atoms with Gasteiger partial charge in [-0.05, 0) is 35.4 Å². The van der Waals surface area contributed by atoms with E-state index in [1.807, 2.05) is 24.3 Å². The predicted octanol–water partition coefficient (Wildman–Crippen LogP) is 3.68. The van der Waals surface area contributed by atoms with Gasteiger partial charge in [0.05, 0.1) is 21.3 Å². The third-order valence-corrected chi connectivity index (χ3v) is 5.17. The van der Waals surface area contributed by atoms with Crippen molar-refractivity contribution in [2.24, 2.45) is 0 Å². The number of piperazine rings is 1. The Labute approximate surface area is 166 Å². The number of ether oxygens (including phenoxy) is 3. The first-order valence-electron chi connectivity index (χ1n) is 9.11. The van der Waals surface area contributed by atoms with Crippen LogP contribution in [0, 0.1) is 0 Å². The van der Waals surface area contributed by atoms with Crippen LogP contribution in [0.2, 0.25) is 5.02 Å². The van der Waals surface area contributed by atoms with Crippen molar-refractivity contribution in [3.63, 3.8) is 0 Å². The highest BCUT2D eigenvalue weighted by Gasteiger charge is 2.19. The minimum absolute atomic E-state index is 0.636. The van der Waals surface area contributed by atoms with Crippen molar-refractivity contribution in [2.45, 2.75) is 13.1 Å². The lowest BCUT2D eigenvalue weighted by Gasteiger charge is -2.34. The van der Waals surface area contributed by atoms with Gasteiger partial charge in [0, 0.05) is 44.3 Å². The van der Waals surface area contributed by atoms with E-state index in [9.17, 15) is 0 Å². The molecule has 0 radical (unpaired) electrons. The molecule has 0 bridgehead atoms. The van der Waals surface area contributed by atoms with Gasteiger partial charge in [0.2, 0.25) is 5.75 Å². The molecule has 3 rings (SSSR count). The summed E-state index contributed by atoms with van der Waals surface area (Å²) in [5.74, 6) is 2.04. The summed E-state index contributed by atoms with van der Waals surface area (Å²) in [6, 6.07) is 12.2. The predicted molar refractivity (Wildman–Crippen MR) is 108 cm³/mol. The molecule has 1 aliphatic rings. The van der Waals surface area contributed by atoms with Crippen LogP contribution in [-0.2, 0) is 13.1 Å². The summed E-state index contributed by atoms with van der Waals surface area (Å²) in [6.45, 7) is 6.00. The standard InChI is InChI=1S/C21H27ClN2O3/c1-25-19-12-17(13-20(26-2)21(19)27-3)15-24-10-8-23(9-11-24)14-16-4-6-18(22)7-5-16/h4-7,12-13H,8-11,14-15H2,1-3H3. The summed E-state index contributed by atoms with van der Waals surface area (Å²) in [6.07, 6.45) is 0. The van der Waals surface area contributed by atoms with Gasteiger partial charge in [-0.15, -0.1) is 0 Å². The lowest BCUT2D eigenvalue weighted by Crippen LogP contribution is -2.45. The van der Waals surface area contributed by atoms with Crippen molar-refractivity contribution >= 4 is 11.6 Å². The van der Waals surface area contributed by atoms with Crippen LogP contribution in [-0.4, -0.2) is 57.3 Å². The molecule has 27 heavy (non-hydrogen) atoms. The van der Waals surface area contributed by atoms with E-state index in [-0.39, 0.29) is 0 Å². The molecule has 2 aromatic carbocycles. The number of hydrogen-bond donors (Lipinski definition) is 0. The van der Waals surface area contributed by atoms with Crippen molar-refractivity contribution in [3.8, 4) is 17.2 Å². The summed E-state index contributed by atoms with van der Waals surface area (Å²) in [7, 11) is 4.92. The smallest absolute Gasteiger partial charge is 0.203 e. The van der Waals surface area contributed by atoms with Gasteiger partial charge in [0.1, 0.15) is 0 Å². The van der Waals surface area contributed by atoms with Crippen LogP contribution in [0.1, 0.15) is 11.1 Å². The van der Waals surface area contributed by atoms with Crippen LogP contribution >= 0.6 is 11.6 Å². The lowest BCUT2D eigenvalue weighted by atomic mass is 10.1. The van der Waals surface area contributed by atoms with Gasteiger partial charge >= 0.3 is 0 Å². The van der Waals surface area contributed by atoms with Gasteiger partial charge < -0.3 is 14.2 Å². The second kappa shape index (κ2) is 9.31. The number of halogens is 1. The monoisotopic (exact) mass is 390 g/mol. The first-order valence-corrected chi connectivity index (χ1v) is 9.48. The number of nitrogens with zero attached hydrogens (tertiary/aromatic N) is 2. The van der Waals surface area contributed by atoms with E-state index in [1.165, 1.54) is 5.56 Å². The molecule has 146 valence electrons. The Kier molecular flexibility index (Phi) is 6.83. The quantitative estimate of drug-likeness (QED) is 0.720. The molecule has 1 fully saturated rings. The van der Waals surface area contributed by atoms with Gasteiger partial charge in [-0.25, -0.2) is 0 Å². The molecule has 0 unspecified atom stereocenters. The minimum Gasteiger partial charge on any atom is -0.493 e. The fraction of sp³-hybridized carbons (Fsp3) is 0.429. The van der Waals surface area contributed by atoms with Crippen LogP contribution in [0.3, 0.4) is 0 Å². The number of methoxy groups -OCH3 is 3. The van der Waals surface area contributed by atoms with E-state index in [4.69, 9.17) is 25.8 Å². The molecule has 1 heterocycles. The Bertz CT molecular complexity index is 719. The minimum atomic E-state index is 0.636. The van der Waals surface area contributed by atoms with Gasteiger partial charge in [-0.3, -0.25) is 9.80 Å². The van der Waals surface area contributed by atoms with E-state index < -0.39 is 0 Å². The highest BCUT2D eigenvalue weighted by atomic mass is 35.5. The van der Waals surface area contributed by atoms with Gasteiger partial charge in [0.25, 0.3) is 0 Å². The van der Waals surface area contributed by atoms with Crippen molar-refractivity contribution in [2.75, 3.05) is 47.5 Å². The molecule has 2 aromatic rings. The van der Waals surface area contributed by atoms with Gasteiger partial charge in [-0.1, -0.05) is 23.7 Å². The average Bonchev–Trinajstić information content (AvgIpc) is 2.70. The third kappa shape index (κ3) is 5.06. The van der Waals surface area contributed by atoms with Crippen molar-refractivity contribution < 1.29 is 14.2 Å². The van der Waals surface area contributed by atoms with E-state index in [1.54, 1.807) is 21.3 Å². The van der Waals surface area contributed by atoms with Crippen LogP contribution in [0.25, 0.3) is 0 Å². The highest BCUT2D eigenvalue weighted by molar-refractivity contribution is 6.30. The molecule has 0 aliphatic carbocycles. The summed E-state index contributed by atoms with van der Waals surface area (Å²) < 4.78 is 16.3. The summed E-state index contributed by atoms with van der Waals surface area (Å²) in [5, 5.41) is 0.786. The number of rotatable bonds is 7. The SMILES string of the molecule is COc1cc(CN2CCN(Cc3ccc(Cl)cc3)CC2)cc(OC)c1OC. The largest absolute Gasteiger partial charge is 0.493 e. The van der Waals surface area contributed by atoms with E-state index in [0.717, 1.165) is 49.9 Å². The molecule has 0 saturated carbocycles. The molecule has 0 spiro atoms. The van der Waals surface area contributed by atoms with Crippen molar-refractivity contribution in [1.82, 2.24) is 9.80 Å². The second-order valence-electron chi connectivity index (χ2n) is 6.71. The zero-order valence-electron chi connectivity index (χ0n) is 16.2. The molecule has 0 N–H and O–H groups in total. The molecular weight excluding hydrogens is 364 g/mol. The zero-order valence-corrected chi connectivity index (χ0v) is 17.0. The summed E-state index contributed by atoms with van der Waals surface area (Å²) >= 11 is 5.97. The van der Waals surface area contributed by atoms with Gasteiger partial charge in [0.15, 0.2) is 11.5 Å². The molecule has 5 nitrogen and oxygen atoms in total. The Morgan fingerprint density at radius 3 is 1.67 bits per heavy atom. The maximum absolute atomic E-state index is 5.97. The van der Waals surface area contributed by atoms with Crippen molar-refractivity contribution in [1.29, 1.82) is 0 Å². The lowest BCUT2D eigenvalue weighted by molar-refractivity contribution is 0.122. The molecule has 0 atom stereocenters. The normalized spacial score (nSPS) is 15.6. The summed E-state index contributed by atoms with van der Waals surface area (Å²) in [5.41, 5.74) is 2.47. The van der Waals surface area contributed by atoms with Crippen LogP contribution in [0.4, 0.5) is 0 Å². The molecule has 6 heteroatoms. The van der Waals surface area contributed by atoms with Crippen molar-refractivity contribution in [3.05, 3.63) is 52.5 Å². The van der Waals surface area contributed by atoms with E-state index in [2.05, 4.69) is 21.9 Å². The Balaban J connectivity index is 1.58. The number of hydrogen-bond acceptors (Lipinski definition) is 5. The Hall–Kier alpha value is -1.95. The molecular formula is C21H27ClN2O3. The highest BCUT2D eigenvalue weighted by Crippen LogP contribution is 2.38. The van der Waals surface area contributed by atoms with Crippen LogP contribution < -0.4 is 14.2 Å². The Morgan fingerprint density at radius 2 is 1.22 bits per heavy atom. The molecule has 0 aromatic heterocycles. The van der Waals surface area contributed by atoms with Gasteiger partial charge in [-0.2, -0.15) is 0 Å². The maximum atomic E-state index is 5.97. The Morgan fingerprint density at radius 1 is 0.741 bits per heavy atom. The van der Waals surface area contributed by atoms with Crippen LogP contribution in [0.5, 0.6) is 17.2 Å². The average molecular weight is 391 g/mol. The first kappa shape index (κ1) is 19.8. The molecule has 1 aliphatic heterocycles. The fourth-order valence-electron chi connectivity index (χ4n) is 3.44. The third-order valence-electron chi connectivity index (χ3n) is 4.92. The second-order valence-corrected chi connectivity index (χ2v) is 7.15. The van der Waals surface area contributed by atoms with E-state index in [0.29, 0.717) is 17.2 Å².